The molecule has 1 amide bonds. The molecule has 6 nitrogen and oxygen atoms in total. The van der Waals surface area contributed by atoms with E-state index in [1.165, 1.54) is 6.08 Å². The number of fused-ring (bicyclic) bond motifs is 1. The molecule has 6 heteroatoms. The zero-order chi connectivity index (χ0) is 20.5. The van der Waals surface area contributed by atoms with E-state index in [2.05, 4.69) is 4.98 Å². The van der Waals surface area contributed by atoms with Gasteiger partial charge in [-0.2, -0.15) is 0 Å². The average Bonchev–Trinajstić information content (AvgIpc) is 2.95. The van der Waals surface area contributed by atoms with E-state index in [-0.39, 0.29) is 11.7 Å². The fourth-order valence-electron chi connectivity index (χ4n) is 3.04. The Morgan fingerprint density at radius 3 is 2.75 bits per heavy atom. The zero-order valence-electron chi connectivity index (χ0n) is 16.6. The fourth-order valence-corrected chi connectivity index (χ4v) is 3.04. The highest BCUT2D eigenvalue weighted by molar-refractivity contribution is 5.91. The second kappa shape index (κ2) is 7.48. The molecule has 0 radical (unpaired) electrons. The van der Waals surface area contributed by atoms with E-state index in [1.807, 2.05) is 31.2 Å². The SMILES string of the molecule is Cc1c(CN(C)C(=O)C=Cc2cnc(N)c(C(C)(C)O)c2)oc2ccccc12. The topological polar surface area (TPSA) is 92.6 Å². The molecule has 0 aliphatic carbocycles. The number of hydrogen-bond donors (Lipinski definition) is 2. The van der Waals surface area contributed by atoms with Crippen molar-refractivity contribution in [3.63, 3.8) is 0 Å². The maximum absolute atomic E-state index is 12.5. The summed E-state index contributed by atoms with van der Waals surface area (Å²) in [6.45, 7) is 5.65. The van der Waals surface area contributed by atoms with Gasteiger partial charge in [-0.1, -0.05) is 18.2 Å². The van der Waals surface area contributed by atoms with Crippen molar-refractivity contribution < 1.29 is 14.3 Å². The molecule has 3 rings (SSSR count). The first-order valence-electron chi connectivity index (χ1n) is 9.05. The van der Waals surface area contributed by atoms with Crippen LogP contribution in [0.25, 0.3) is 17.0 Å². The van der Waals surface area contributed by atoms with Gasteiger partial charge >= 0.3 is 0 Å². The van der Waals surface area contributed by atoms with Gasteiger partial charge in [-0.3, -0.25) is 4.79 Å². The maximum atomic E-state index is 12.5. The van der Waals surface area contributed by atoms with Crippen LogP contribution in [0.15, 0.2) is 47.0 Å². The number of anilines is 1. The molecule has 0 atom stereocenters. The van der Waals surface area contributed by atoms with Crippen LogP contribution in [0.1, 0.15) is 36.3 Å². The van der Waals surface area contributed by atoms with Crippen molar-refractivity contribution in [2.75, 3.05) is 12.8 Å². The molecule has 0 fully saturated rings. The molecule has 1 aromatic carbocycles. The molecule has 0 saturated heterocycles. The number of aryl methyl sites for hydroxylation is 1. The zero-order valence-corrected chi connectivity index (χ0v) is 16.6. The van der Waals surface area contributed by atoms with Crippen LogP contribution in [0.4, 0.5) is 5.82 Å². The van der Waals surface area contributed by atoms with Crippen LogP contribution in [-0.4, -0.2) is 27.9 Å². The second-order valence-corrected chi connectivity index (χ2v) is 7.43. The Bertz CT molecular complexity index is 1040. The highest BCUT2D eigenvalue weighted by Gasteiger charge is 2.20. The van der Waals surface area contributed by atoms with Crippen molar-refractivity contribution in [3.05, 3.63) is 65.1 Å². The number of nitrogens with two attached hydrogens (primary N) is 1. The Balaban J connectivity index is 1.74. The normalized spacial score (nSPS) is 12.0. The lowest BCUT2D eigenvalue weighted by atomic mass is 9.97. The van der Waals surface area contributed by atoms with E-state index in [4.69, 9.17) is 10.2 Å². The first-order chi connectivity index (χ1) is 13.2. The number of amides is 1. The van der Waals surface area contributed by atoms with Gasteiger partial charge in [0.25, 0.3) is 0 Å². The standard InChI is InChI=1S/C22H25N3O3/c1-14-16-7-5-6-8-18(16)28-19(14)13-25(4)20(26)10-9-15-11-17(22(2,3)27)21(23)24-12-15/h5-12,27H,13H2,1-4H3,(H2,23,24). The minimum absolute atomic E-state index is 0.165. The molecule has 2 aromatic heterocycles. The molecule has 0 aliphatic rings. The largest absolute Gasteiger partial charge is 0.459 e. The number of furan rings is 1. The third kappa shape index (κ3) is 4.07. The summed E-state index contributed by atoms with van der Waals surface area (Å²) in [5, 5.41) is 11.2. The van der Waals surface area contributed by atoms with E-state index < -0.39 is 5.60 Å². The van der Waals surface area contributed by atoms with E-state index in [0.717, 1.165) is 22.3 Å². The van der Waals surface area contributed by atoms with Crippen molar-refractivity contribution in [3.8, 4) is 0 Å². The van der Waals surface area contributed by atoms with Gasteiger partial charge in [0.2, 0.25) is 5.91 Å². The molecule has 3 aromatic rings. The molecule has 0 unspecified atom stereocenters. The lowest BCUT2D eigenvalue weighted by Gasteiger charge is -2.19. The van der Waals surface area contributed by atoms with Crippen molar-refractivity contribution in [1.29, 1.82) is 0 Å². The fraction of sp³-hybridized carbons (Fsp3) is 0.273. The quantitative estimate of drug-likeness (QED) is 0.661. The summed E-state index contributed by atoms with van der Waals surface area (Å²) in [5.74, 6) is 0.874. The van der Waals surface area contributed by atoms with Gasteiger partial charge in [0, 0.05) is 35.8 Å². The summed E-state index contributed by atoms with van der Waals surface area (Å²) in [5.41, 5.74) is 7.79. The molecule has 2 heterocycles. The van der Waals surface area contributed by atoms with Crippen LogP contribution in [-0.2, 0) is 16.9 Å². The van der Waals surface area contributed by atoms with Gasteiger partial charge in [0.15, 0.2) is 0 Å². The van der Waals surface area contributed by atoms with Crippen LogP contribution in [0.2, 0.25) is 0 Å². The van der Waals surface area contributed by atoms with Gasteiger partial charge in [0.1, 0.15) is 17.2 Å². The van der Waals surface area contributed by atoms with Gasteiger partial charge in [0.05, 0.1) is 12.1 Å². The first-order valence-corrected chi connectivity index (χ1v) is 9.05. The summed E-state index contributed by atoms with van der Waals surface area (Å²) in [4.78, 5) is 18.2. The average molecular weight is 379 g/mol. The Morgan fingerprint density at radius 1 is 1.36 bits per heavy atom. The van der Waals surface area contributed by atoms with Crippen LogP contribution in [0.5, 0.6) is 0 Å². The van der Waals surface area contributed by atoms with Crippen LogP contribution < -0.4 is 5.73 Å². The first kappa shape index (κ1) is 19.6. The summed E-state index contributed by atoms with van der Waals surface area (Å²) in [7, 11) is 1.72. The smallest absolute Gasteiger partial charge is 0.246 e. The highest BCUT2D eigenvalue weighted by atomic mass is 16.3. The van der Waals surface area contributed by atoms with E-state index in [9.17, 15) is 9.90 Å². The number of rotatable bonds is 5. The predicted octanol–water partition coefficient (Wildman–Crippen LogP) is 3.62. The van der Waals surface area contributed by atoms with E-state index >= 15 is 0 Å². The number of carbonyl (C=O) groups is 1. The lowest BCUT2D eigenvalue weighted by molar-refractivity contribution is -0.125. The van der Waals surface area contributed by atoms with Gasteiger partial charge < -0.3 is 20.2 Å². The molecule has 146 valence electrons. The van der Waals surface area contributed by atoms with E-state index in [0.29, 0.717) is 17.7 Å². The third-order valence-electron chi connectivity index (χ3n) is 4.72. The number of likely N-dealkylation sites (N-methyl/N-ethyl adjacent to an activating group) is 1. The Kier molecular flexibility index (Phi) is 5.25. The Labute approximate surface area is 164 Å². The molecule has 0 spiro atoms. The summed E-state index contributed by atoms with van der Waals surface area (Å²) < 4.78 is 5.88. The number of carbonyl (C=O) groups excluding carboxylic acids is 1. The molecule has 0 bridgehead atoms. The molecule has 0 saturated carbocycles. The monoisotopic (exact) mass is 379 g/mol. The number of pyridine rings is 1. The summed E-state index contributed by atoms with van der Waals surface area (Å²) >= 11 is 0. The highest BCUT2D eigenvalue weighted by Crippen LogP contribution is 2.26. The third-order valence-corrected chi connectivity index (χ3v) is 4.72. The number of nitrogen functional groups attached to an aromatic ring is 1. The van der Waals surface area contributed by atoms with Crippen molar-refractivity contribution in [2.24, 2.45) is 0 Å². The molecule has 28 heavy (non-hydrogen) atoms. The number of hydrogen-bond acceptors (Lipinski definition) is 5. The molecule has 3 N–H and O–H groups in total. The summed E-state index contributed by atoms with van der Waals surface area (Å²) in [6, 6.07) is 9.55. The molecule has 0 aliphatic heterocycles. The molecular weight excluding hydrogens is 354 g/mol. The Hall–Kier alpha value is -3.12. The number of aromatic nitrogens is 1. The van der Waals surface area contributed by atoms with Crippen molar-refractivity contribution >= 4 is 28.8 Å². The van der Waals surface area contributed by atoms with Gasteiger partial charge in [-0.05, 0) is 44.5 Å². The maximum Gasteiger partial charge on any atom is 0.246 e. The minimum Gasteiger partial charge on any atom is -0.459 e. The number of benzene rings is 1. The second-order valence-electron chi connectivity index (χ2n) is 7.43. The number of para-hydroxylation sites is 1. The van der Waals surface area contributed by atoms with Crippen molar-refractivity contribution in [2.45, 2.75) is 32.9 Å². The minimum atomic E-state index is -1.11. The van der Waals surface area contributed by atoms with Gasteiger partial charge in [-0.15, -0.1) is 0 Å². The lowest BCUT2D eigenvalue weighted by Crippen LogP contribution is -2.24. The van der Waals surface area contributed by atoms with Crippen molar-refractivity contribution in [1.82, 2.24) is 9.88 Å². The Morgan fingerprint density at radius 2 is 2.07 bits per heavy atom. The van der Waals surface area contributed by atoms with Crippen LogP contribution >= 0.6 is 0 Å². The molecular formula is C22H25N3O3. The predicted molar refractivity (Wildman–Crippen MR) is 110 cm³/mol. The number of aliphatic hydroxyl groups is 1. The summed E-state index contributed by atoms with van der Waals surface area (Å²) in [6.07, 6.45) is 4.70. The van der Waals surface area contributed by atoms with Gasteiger partial charge in [-0.25, -0.2) is 4.98 Å². The van der Waals surface area contributed by atoms with Crippen LogP contribution in [0.3, 0.4) is 0 Å². The van der Waals surface area contributed by atoms with Crippen LogP contribution in [0, 0.1) is 6.92 Å². The van der Waals surface area contributed by atoms with E-state index in [1.54, 1.807) is 44.1 Å². The number of nitrogens with zero attached hydrogens (tertiary/aromatic N) is 2.